The average molecular weight is 258 g/mol. The molecule has 2 aliphatic rings. The van der Waals surface area contributed by atoms with Crippen molar-refractivity contribution in [1.82, 2.24) is 10.2 Å². The molecule has 1 saturated heterocycles. The van der Waals surface area contributed by atoms with Crippen molar-refractivity contribution in [3.8, 4) is 0 Å². The lowest BCUT2D eigenvalue weighted by Crippen LogP contribution is -2.64. The van der Waals surface area contributed by atoms with Crippen molar-refractivity contribution >= 4 is 11.8 Å². The number of fused-ring (bicyclic) bond motifs is 2. The molecule has 0 saturated carbocycles. The topological polar surface area (TPSA) is 49.4 Å². The Kier molecular flexibility index (Phi) is 3.01. The fourth-order valence-electron chi connectivity index (χ4n) is 3.00. The van der Waals surface area contributed by atoms with E-state index in [1.54, 1.807) is 4.90 Å². The first-order valence-corrected chi connectivity index (χ1v) is 6.88. The van der Waals surface area contributed by atoms with Crippen LogP contribution in [0.25, 0.3) is 0 Å². The number of hydrogen-bond acceptors (Lipinski definition) is 2. The summed E-state index contributed by atoms with van der Waals surface area (Å²) in [4.78, 5) is 26.3. The molecular formula is C15H18N2O2. The summed E-state index contributed by atoms with van der Waals surface area (Å²) >= 11 is 0. The van der Waals surface area contributed by atoms with E-state index in [-0.39, 0.29) is 23.9 Å². The van der Waals surface area contributed by atoms with Crippen molar-refractivity contribution in [3.05, 3.63) is 35.4 Å². The largest absolute Gasteiger partial charge is 0.342 e. The van der Waals surface area contributed by atoms with Crippen molar-refractivity contribution in [2.24, 2.45) is 0 Å². The maximum absolute atomic E-state index is 12.4. The van der Waals surface area contributed by atoms with Gasteiger partial charge in [0.2, 0.25) is 11.8 Å². The lowest BCUT2D eigenvalue weighted by molar-refractivity contribution is -0.150. The SMILES string of the molecule is CCCC1NC(=O)C2Cc3ccccc3CN2C1=O. The van der Waals surface area contributed by atoms with Crippen molar-refractivity contribution in [1.29, 1.82) is 0 Å². The molecule has 100 valence electrons. The number of rotatable bonds is 2. The number of nitrogens with zero attached hydrogens (tertiary/aromatic N) is 1. The van der Waals surface area contributed by atoms with Gasteiger partial charge in [-0.15, -0.1) is 0 Å². The van der Waals surface area contributed by atoms with Gasteiger partial charge in [0, 0.05) is 13.0 Å². The van der Waals surface area contributed by atoms with E-state index in [9.17, 15) is 9.59 Å². The molecule has 1 fully saturated rings. The summed E-state index contributed by atoms with van der Waals surface area (Å²) < 4.78 is 0. The molecule has 0 bridgehead atoms. The second-order valence-electron chi connectivity index (χ2n) is 5.30. The average Bonchev–Trinajstić information content (AvgIpc) is 2.43. The smallest absolute Gasteiger partial charge is 0.246 e. The van der Waals surface area contributed by atoms with Crippen LogP contribution in [0, 0.1) is 0 Å². The third-order valence-corrected chi connectivity index (χ3v) is 4.03. The normalized spacial score (nSPS) is 25.6. The van der Waals surface area contributed by atoms with Gasteiger partial charge in [-0.05, 0) is 17.5 Å². The second-order valence-corrected chi connectivity index (χ2v) is 5.30. The van der Waals surface area contributed by atoms with Gasteiger partial charge in [-0.25, -0.2) is 0 Å². The molecule has 2 amide bonds. The Hall–Kier alpha value is -1.84. The van der Waals surface area contributed by atoms with Crippen LogP contribution in [0.15, 0.2) is 24.3 Å². The lowest BCUT2D eigenvalue weighted by Gasteiger charge is -2.42. The molecule has 19 heavy (non-hydrogen) atoms. The van der Waals surface area contributed by atoms with Gasteiger partial charge in [-0.3, -0.25) is 9.59 Å². The van der Waals surface area contributed by atoms with Crippen LogP contribution in [0.4, 0.5) is 0 Å². The Labute approximate surface area is 112 Å². The number of amides is 2. The van der Waals surface area contributed by atoms with Gasteiger partial charge in [0.25, 0.3) is 0 Å². The molecule has 2 aliphatic heterocycles. The predicted molar refractivity (Wildman–Crippen MR) is 71.3 cm³/mol. The summed E-state index contributed by atoms with van der Waals surface area (Å²) in [6.45, 7) is 2.59. The number of piperazine rings is 1. The molecule has 0 spiro atoms. The molecule has 0 aromatic heterocycles. The Morgan fingerprint density at radius 1 is 1.26 bits per heavy atom. The van der Waals surface area contributed by atoms with Crippen molar-refractivity contribution in [3.63, 3.8) is 0 Å². The monoisotopic (exact) mass is 258 g/mol. The molecule has 1 N–H and O–H groups in total. The van der Waals surface area contributed by atoms with E-state index in [1.165, 1.54) is 5.56 Å². The Morgan fingerprint density at radius 2 is 2.00 bits per heavy atom. The van der Waals surface area contributed by atoms with Crippen LogP contribution < -0.4 is 5.32 Å². The number of benzene rings is 1. The number of nitrogens with one attached hydrogen (secondary N) is 1. The van der Waals surface area contributed by atoms with Gasteiger partial charge in [0.15, 0.2) is 0 Å². The zero-order valence-corrected chi connectivity index (χ0v) is 11.1. The van der Waals surface area contributed by atoms with Gasteiger partial charge < -0.3 is 10.2 Å². The minimum Gasteiger partial charge on any atom is -0.342 e. The molecule has 2 atom stereocenters. The molecule has 4 nitrogen and oxygen atoms in total. The summed E-state index contributed by atoms with van der Waals surface area (Å²) in [5, 5.41) is 2.87. The second kappa shape index (κ2) is 4.68. The Morgan fingerprint density at radius 3 is 2.74 bits per heavy atom. The highest BCUT2D eigenvalue weighted by Gasteiger charge is 2.42. The number of hydrogen-bond donors (Lipinski definition) is 1. The highest BCUT2D eigenvalue weighted by atomic mass is 16.2. The summed E-state index contributed by atoms with van der Waals surface area (Å²) in [7, 11) is 0. The van der Waals surface area contributed by atoms with E-state index >= 15 is 0 Å². The molecule has 0 radical (unpaired) electrons. The van der Waals surface area contributed by atoms with Crippen LogP contribution in [0.3, 0.4) is 0 Å². The fourth-order valence-corrected chi connectivity index (χ4v) is 3.00. The van der Waals surface area contributed by atoms with Crippen molar-refractivity contribution in [2.75, 3.05) is 0 Å². The first kappa shape index (κ1) is 12.2. The van der Waals surface area contributed by atoms with Gasteiger partial charge in [-0.2, -0.15) is 0 Å². The fraction of sp³-hybridized carbons (Fsp3) is 0.467. The zero-order valence-electron chi connectivity index (χ0n) is 11.1. The number of carbonyl (C=O) groups excluding carboxylic acids is 2. The molecule has 0 aliphatic carbocycles. The van der Waals surface area contributed by atoms with E-state index in [0.717, 1.165) is 18.4 Å². The minimum atomic E-state index is -0.334. The van der Waals surface area contributed by atoms with E-state index in [1.807, 2.05) is 31.2 Å². The van der Waals surface area contributed by atoms with Gasteiger partial charge in [0.05, 0.1) is 0 Å². The van der Waals surface area contributed by atoms with Crippen molar-refractivity contribution in [2.45, 2.75) is 44.8 Å². The maximum Gasteiger partial charge on any atom is 0.246 e. The zero-order chi connectivity index (χ0) is 13.4. The summed E-state index contributed by atoms with van der Waals surface area (Å²) in [6.07, 6.45) is 2.24. The van der Waals surface area contributed by atoms with Crippen LogP contribution >= 0.6 is 0 Å². The number of carbonyl (C=O) groups is 2. The van der Waals surface area contributed by atoms with E-state index < -0.39 is 0 Å². The summed E-state index contributed by atoms with van der Waals surface area (Å²) in [5.74, 6) is 0.0634. The third-order valence-electron chi connectivity index (χ3n) is 4.03. The van der Waals surface area contributed by atoms with Crippen LogP contribution in [-0.4, -0.2) is 28.8 Å². The molecular weight excluding hydrogens is 240 g/mol. The summed E-state index contributed by atoms with van der Waals surface area (Å²) in [6, 6.07) is 7.39. The highest BCUT2D eigenvalue weighted by molar-refractivity contribution is 5.97. The maximum atomic E-state index is 12.4. The van der Waals surface area contributed by atoms with Gasteiger partial charge >= 0.3 is 0 Å². The Balaban J connectivity index is 1.90. The van der Waals surface area contributed by atoms with Gasteiger partial charge in [-0.1, -0.05) is 37.6 Å². The quantitative estimate of drug-likeness (QED) is 0.867. The third kappa shape index (κ3) is 2.01. The first-order valence-electron chi connectivity index (χ1n) is 6.88. The van der Waals surface area contributed by atoms with E-state index in [0.29, 0.717) is 13.0 Å². The lowest BCUT2D eigenvalue weighted by atomic mass is 9.90. The van der Waals surface area contributed by atoms with Crippen LogP contribution in [-0.2, 0) is 22.6 Å². The first-order chi connectivity index (χ1) is 9.20. The van der Waals surface area contributed by atoms with Crippen LogP contribution in [0.5, 0.6) is 0 Å². The van der Waals surface area contributed by atoms with Crippen LogP contribution in [0.2, 0.25) is 0 Å². The van der Waals surface area contributed by atoms with Crippen LogP contribution in [0.1, 0.15) is 30.9 Å². The molecule has 2 heterocycles. The van der Waals surface area contributed by atoms with Gasteiger partial charge in [0.1, 0.15) is 12.1 Å². The van der Waals surface area contributed by atoms with Crippen molar-refractivity contribution < 1.29 is 9.59 Å². The molecule has 2 unspecified atom stereocenters. The van der Waals surface area contributed by atoms with E-state index in [2.05, 4.69) is 5.32 Å². The molecule has 4 heteroatoms. The predicted octanol–water partition coefficient (Wildman–Crippen LogP) is 1.24. The molecule has 1 aromatic rings. The summed E-state index contributed by atoms with van der Waals surface area (Å²) in [5.41, 5.74) is 2.35. The Bertz CT molecular complexity index is 527. The minimum absolute atomic E-state index is 0.00690. The molecule has 3 rings (SSSR count). The highest BCUT2D eigenvalue weighted by Crippen LogP contribution is 2.26. The molecule has 1 aromatic carbocycles. The standard InChI is InChI=1S/C15H18N2O2/c1-2-5-12-15(19)17-9-11-7-4-3-6-10(11)8-13(17)14(18)16-12/h3-4,6-7,12-13H,2,5,8-9H2,1H3,(H,16,18). The van der Waals surface area contributed by atoms with E-state index in [4.69, 9.17) is 0 Å².